The number of hydrogen-bond donors (Lipinski definition) is 0. The van der Waals surface area contributed by atoms with E-state index in [1.165, 1.54) is 7.11 Å². The van der Waals surface area contributed by atoms with Crippen molar-refractivity contribution in [3.63, 3.8) is 0 Å². The molecule has 5 heteroatoms. The van der Waals surface area contributed by atoms with E-state index in [-0.39, 0.29) is 23.9 Å². The molecule has 0 amide bonds. The summed E-state index contributed by atoms with van der Waals surface area (Å²) in [5.41, 5.74) is 1.40. The minimum absolute atomic E-state index is 0.0137. The quantitative estimate of drug-likeness (QED) is 0.720. The van der Waals surface area contributed by atoms with E-state index in [0.717, 1.165) is 12.0 Å². The fraction of sp³-hybridized carbons (Fsp3) is 0.500. The van der Waals surface area contributed by atoms with E-state index >= 15 is 0 Å². The summed E-state index contributed by atoms with van der Waals surface area (Å²) in [5.74, 6) is -0.186. The molecule has 0 heterocycles. The molecule has 1 aromatic rings. The second-order valence-corrected chi connectivity index (χ2v) is 6.65. The first-order chi connectivity index (χ1) is 8.98. The van der Waals surface area contributed by atoms with Gasteiger partial charge in [0.1, 0.15) is 0 Å². The molecule has 0 aliphatic heterocycles. The van der Waals surface area contributed by atoms with Gasteiger partial charge in [0.15, 0.2) is 9.84 Å². The molecule has 19 heavy (non-hydrogen) atoms. The summed E-state index contributed by atoms with van der Waals surface area (Å²) in [6, 6.07) is 7.09. The number of methoxy groups -OCH3 is 1. The fourth-order valence-electron chi connectivity index (χ4n) is 1.77. The van der Waals surface area contributed by atoms with Gasteiger partial charge in [0.2, 0.25) is 0 Å². The summed E-state index contributed by atoms with van der Waals surface area (Å²) in [7, 11) is -1.79. The van der Waals surface area contributed by atoms with Gasteiger partial charge in [0.05, 0.1) is 25.0 Å². The molecule has 0 radical (unpaired) electrons. The molecule has 0 unspecified atom stereocenters. The van der Waals surface area contributed by atoms with Gasteiger partial charge in [0, 0.05) is 0 Å². The highest BCUT2D eigenvalue weighted by Crippen LogP contribution is 2.15. The fourth-order valence-corrected chi connectivity index (χ4v) is 3.40. The minimum Gasteiger partial charge on any atom is -0.469 e. The lowest BCUT2D eigenvalue weighted by Gasteiger charge is -2.09. The first kappa shape index (κ1) is 15.7. The predicted octanol–water partition coefficient (Wildman–Crippen LogP) is 2.12. The van der Waals surface area contributed by atoms with Crippen molar-refractivity contribution in [3.05, 3.63) is 35.4 Å². The zero-order valence-electron chi connectivity index (χ0n) is 11.4. The molecule has 0 aromatic heterocycles. The minimum atomic E-state index is -3.11. The number of esters is 1. The molecule has 0 spiro atoms. The molecule has 0 N–H and O–H groups in total. The number of carbonyl (C=O) groups is 1. The third-order valence-electron chi connectivity index (χ3n) is 2.87. The molecule has 4 nitrogen and oxygen atoms in total. The van der Waals surface area contributed by atoms with Crippen LogP contribution in [0.5, 0.6) is 0 Å². The Morgan fingerprint density at radius 2 is 1.84 bits per heavy atom. The lowest BCUT2D eigenvalue weighted by Crippen LogP contribution is -2.12. The Morgan fingerprint density at radius 3 is 2.42 bits per heavy atom. The van der Waals surface area contributed by atoms with Crippen LogP contribution in [0.4, 0.5) is 0 Å². The van der Waals surface area contributed by atoms with Crippen molar-refractivity contribution in [1.82, 2.24) is 0 Å². The average molecular weight is 284 g/mol. The van der Waals surface area contributed by atoms with Gasteiger partial charge in [-0.25, -0.2) is 8.42 Å². The molecule has 0 atom stereocenters. The number of sulfone groups is 1. The zero-order valence-corrected chi connectivity index (χ0v) is 12.2. The highest BCUT2D eigenvalue weighted by molar-refractivity contribution is 7.90. The van der Waals surface area contributed by atoms with Crippen LogP contribution in [0, 0.1) is 0 Å². The lowest BCUT2D eigenvalue weighted by atomic mass is 10.1. The first-order valence-electron chi connectivity index (χ1n) is 6.32. The molecular formula is C14H20O4S. The Balaban J connectivity index is 2.86. The third-order valence-corrected chi connectivity index (χ3v) is 4.53. The van der Waals surface area contributed by atoms with E-state index in [2.05, 4.69) is 4.74 Å². The van der Waals surface area contributed by atoms with E-state index in [9.17, 15) is 13.2 Å². The van der Waals surface area contributed by atoms with E-state index < -0.39 is 9.84 Å². The van der Waals surface area contributed by atoms with Gasteiger partial charge in [-0.05, 0) is 17.5 Å². The van der Waals surface area contributed by atoms with Gasteiger partial charge < -0.3 is 4.74 Å². The van der Waals surface area contributed by atoms with Crippen molar-refractivity contribution in [2.24, 2.45) is 0 Å². The Morgan fingerprint density at radius 1 is 1.21 bits per heavy atom. The number of ether oxygens (including phenoxy) is 1. The van der Waals surface area contributed by atoms with Crippen LogP contribution in [-0.2, 0) is 31.5 Å². The molecule has 1 aromatic carbocycles. The smallest absolute Gasteiger partial charge is 0.309 e. The summed E-state index contributed by atoms with van der Waals surface area (Å²) in [6.45, 7) is 1.96. The zero-order chi connectivity index (χ0) is 14.3. The Hall–Kier alpha value is -1.36. The van der Waals surface area contributed by atoms with Crippen LogP contribution in [0.3, 0.4) is 0 Å². The van der Waals surface area contributed by atoms with Crippen LogP contribution in [0.1, 0.15) is 30.9 Å². The summed E-state index contributed by atoms with van der Waals surface area (Å²) in [4.78, 5) is 11.3. The van der Waals surface area contributed by atoms with Crippen LogP contribution in [-0.4, -0.2) is 27.2 Å². The van der Waals surface area contributed by atoms with Crippen molar-refractivity contribution in [2.45, 2.75) is 31.9 Å². The average Bonchev–Trinajstić information content (AvgIpc) is 2.38. The number of rotatable bonds is 7. The van der Waals surface area contributed by atoms with Gasteiger partial charge >= 0.3 is 5.97 Å². The van der Waals surface area contributed by atoms with Crippen molar-refractivity contribution >= 4 is 15.8 Å². The molecule has 1 rings (SSSR count). The second kappa shape index (κ2) is 7.28. The van der Waals surface area contributed by atoms with E-state index in [0.29, 0.717) is 12.0 Å². The number of benzene rings is 1. The van der Waals surface area contributed by atoms with Crippen molar-refractivity contribution in [1.29, 1.82) is 0 Å². The maximum atomic E-state index is 12.0. The van der Waals surface area contributed by atoms with Crippen LogP contribution >= 0.6 is 0 Å². The van der Waals surface area contributed by atoms with Crippen LogP contribution in [0.2, 0.25) is 0 Å². The number of carbonyl (C=O) groups excluding carboxylic acids is 1. The second-order valence-electron chi connectivity index (χ2n) is 4.47. The molecule has 0 saturated carbocycles. The Kier molecular flexibility index (Phi) is 6.02. The van der Waals surface area contributed by atoms with Gasteiger partial charge in [-0.15, -0.1) is 0 Å². The largest absolute Gasteiger partial charge is 0.469 e. The van der Waals surface area contributed by atoms with Gasteiger partial charge in [-0.2, -0.15) is 0 Å². The standard InChI is InChI=1S/C14H20O4S/c1-3-4-9-19(16,17)11-13-8-6-5-7-12(13)10-14(15)18-2/h5-8H,3-4,9-11H2,1-2H3. The summed E-state index contributed by atoms with van der Waals surface area (Å²) >= 11 is 0. The van der Waals surface area contributed by atoms with Gasteiger partial charge in [-0.3, -0.25) is 4.79 Å². The first-order valence-corrected chi connectivity index (χ1v) is 8.14. The summed E-state index contributed by atoms with van der Waals surface area (Å²) < 4.78 is 28.5. The van der Waals surface area contributed by atoms with Crippen LogP contribution in [0.15, 0.2) is 24.3 Å². The molecule has 106 valence electrons. The van der Waals surface area contributed by atoms with Gasteiger partial charge in [-0.1, -0.05) is 37.6 Å². The van der Waals surface area contributed by atoms with E-state index in [4.69, 9.17) is 0 Å². The molecule has 0 fully saturated rings. The van der Waals surface area contributed by atoms with Crippen molar-refractivity contribution < 1.29 is 17.9 Å². The molecular weight excluding hydrogens is 264 g/mol. The van der Waals surface area contributed by atoms with Crippen LogP contribution < -0.4 is 0 Å². The summed E-state index contributed by atoms with van der Waals surface area (Å²) in [6.07, 6.45) is 1.63. The highest BCUT2D eigenvalue weighted by Gasteiger charge is 2.15. The van der Waals surface area contributed by atoms with E-state index in [1.807, 2.05) is 6.92 Å². The van der Waals surface area contributed by atoms with Crippen molar-refractivity contribution in [3.8, 4) is 0 Å². The predicted molar refractivity (Wildman–Crippen MR) is 74.6 cm³/mol. The third kappa shape index (κ3) is 5.42. The highest BCUT2D eigenvalue weighted by atomic mass is 32.2. The number of hydrogen-bond acceptors (Lipinski definition) is 4. The SMILES string of the molecule is CCCCS(=O)(=O)Cc1ccccc1CC(=O)OC. The molecule has 0 saturated heterocycles. The molecule has 0 bridgehead atoms. The Labute approximate surface area is 114 Å². The Bertz CT molecular complexity index is 520. The van der Waals surface area contributed by atoms with Crippen molar-refractivity contribution in [2.75, 3.05) is 12.9 Å². The monoisotopic (exact) mass is 284 g/mol. The topological polar surface area (TPSA) is 60.4 Å². The maximum Gasteiger partial charge on any atom is 0.309 e. The molecule has 0 aliphatic rings. The molecule has 0 aliphatic carbocycles. The van der Waals surface area contributed by atoms with Crippen LogP contribution in [0.25, 0.3) is 0 Å². The maximum absolute atomic E-state index is 12.0. The lowest BCUT2D eigenvalue weighted by molar-refractivity contribution is -0.139. The number of unbranched alkanes of at least 4 members (excludes halogenated alkanes) is 1. The van der Waals surface area contributed by atoms with E-state index in [1.54, 1.807) is 24.3 Å². The van der Waals surface area contributed by atoms with Gasteiger partial charge in [0.25, 0.3) is 0 Å². The normalized spacial score (nSPS) is 11.3. The summed E-state index contributed by atoms with van der Waals surface area (Å²) in [5, 5.41) is 0.